The first-order valence-electron chi connectivity index (χ1n) is 6.31. The summed E-state index contributed by atoms with van der Waals surface area (Å²) in [5, 5.41) is 0.409. The lowest BCUT2D eigenvalue weighted by Gasteiger charge is -2.33. The fourth-order valence-electron chi connectivity index (χ4n) is 2.40. The molecule has 0 radical (unpaired) electrons. The van der Waals surface area contributed by atoms with Gasteiger partial charge in [-0.15, -0.1) is 0 Å². The molecule has 0 bridgehead atoms. The van der Waals surface area contributed by atoms with Gasteiger partial charge in [-0.25, -0.2) is 8.42 Å². The number of hydrogen-bond acceptors (Lipinski definition) is 3. The zero-order valence-corrected chi connectivity index (χ0v) is 13.3. The molecule has 0 aliphatic carbocycles. The molecule has 0 aromatic heterocycles. The third kappa shape index (κ3) is 3.01. The molecule has 7 heteroatoms. The van der Waals surface area contributed by atoms with Crippen LogP contribution in [0.5, 0.6) is 0 Å². The van der Waals surface area contributed by atoms with E-state index in [0.717, 1.165) is 12.8 Å². The number of ketones is 1. The maximum absolute atomic E-state index is 12.7. The molecule has 0 amide bonds. The number of Topliss-reactive ketones (excluding diaryl/α,β-unsaturated/α-hetero) is 1. The van der Waals surface area contributed by atoms with Crippen molar-refractivity contribution in [3.05, 3.63) is 28.2 Å². The van der Waals surface area contributed by atoms with Gasteiger partial charge in [-0.2, -0.15) is 4.31 Å². The molecule has 0 N–H and O–H groups in total. The van der Waals surface area contributed by atoms with Gasteiger partial charge in [0.05, 0.1) is 11.1 Å². The molecular formula is C13H15Cl2NO3S. The monoisotopic (exact) mass is 335 g/mol. The van der Waals surface area contributed by atoms with Crippen LogP contribution in [0.3, 0.4) is 0 Å². The number of halogens is 2. The van der Waals surface area contributed by atoms with Crippen LogP contribution >= 0.6 is 23.2 Å². The van der Waals surface area contributed by atoms with Gasteiger partial charge < -0.3 is 0 Å². The number of nitrogens with zero attached hydrogens (tertiary/aromatic N) is 1. The number of hydrogen-bond donors (Lipinski definition) is 0. The van der Waals surface area contributed by atoms with E-state index in [2.05, 4.69) is 0 Å². The van der Waals surface area contributed by atoms with E-state index >= 15 is 0 Å². The number of sulfonamides is 1. The van der Waals surface area contributed by atoms with Crippen molar-refractivity contribution in [3.8, 4) is 0 Å². The van der Waals surface area contributed by atoms with Crippen molar-refractivity contribution in [2.75, 3.05) is 6.54 Å². The summed E-state index contributed by atoms with van der Waals surface area (Å²) in [6.07, 6.45) is 2.13. The van der Waals surface area contributed by atoms with E-state index in [1.54, 1.807) is 0 Å². The third-order valence-corrected chi connectivity index (χ3v) is 6.03. The fraction of sp³-hybridized carbons (Fsp3) is 0.462. The zero-order valence-electron chi connectivity index (χ0n) is 11.0. The van der Waals surface area contributed by atoms with Gasteiger partial charge >= 0.3 is 0 Å². The average molecular weight is 336 g/mol. The Labute approximate surface area is 128 Å². The molecule has 1 aromatic carbocycles. The van der Waals surface area contributed by atoms with E-state index in [-0.39, 0.29) is 15.7 Å². The second kappa shape index (κ2) is 6.02. The first-order valence-corrected chi connectivity index (χ1v) is 8.51. The molecule has 2 rings (SSSR count). The Morgan fingerprint density at radius 2 is 2.00 bits per heavy atom. The molecule has 1 atom stereocenters. The Hall–Kier alpha value is -0.620. The van der Waals surface area contributed by atoms with Crippen LogP contribution in [0.1, 0.15) is 26.2 Å². The third-order valence-electron chi connectivity index (χ3n) is 3.40. The first-order chi connectivity index (χ1) is 9.34. The molecule has 1 aromatic rings. The molecular weight excluding hydrogens is 321 g/mol. The normalized spacial score (nSPS) is 20.9. The van der Waals surface area contributed by atoms with Crippen molar-refractivity contribution in [1.29, 1.82) is 0 Å². The SMILES string of the molecule is CC(=O)C1CCCCN1S(=O)(=O)c1cc(Cl)ccc1Cl. The largest absolute Gasteiger partial charge is 0.298 e. The van der Waals surface area contributed by atoms with Crippen molar-refractivity contribution in [2.45, 2.75) is 37.1 Å². The maximum Gasteiger partial charge on any atom is 0.245 e. The Morgan fingerprint density at radius 3 is 2.65 bits per heavy atom. The number of piperidine rings is 1. The molecule has 1 aliphatic rings. The summed E-state index contributed by atoms with van der Waals surface area (Å²) in [7, 11) is -3.81. The van der Waals surface area contributed by atoms with Crippen LogP contribution in [-0.4, -0.2) is 31.1 Å². The van der Waals surface area contributed by atoms with Gasteiger partial charge in [-0.1, -0.05) is 29.6 Å². The highest BCUT2D eigenvalue weighted by Crippen LogP contribution is 2.31. The number of carbonyl (C=O) groups is 1. The highest BCUT2D eigenvalue weighted by molar-refractivity contribution is 7.89. The van der Waals surface area contributed by atoms with E-state index in [0.29, 0.717) is 18.0 Å². The number of rotatable bonds is 3. The summed E-state index contributed by atoms with van der Waals surface area (Å²) in [5.74, 6) is -0.147. The van der Waals surface area contributed by atoms with Crippen molar-refractivity contribution >= 4 is 39.0 Å². The minimum Gasteiger partial charge on any atom is -0.298 e. The van der Waals surface area contributed by atoms with E-state index in [9.17, 15) is 13.2 Å². The standard InChI is InChI=1S/C13H15Cl2NO3S/c1-9(17)12-4-2-3-7-16(12)20(18,19)13-8-10(14)5-6-11(13)15/h5-6,8,12H,2-4,7H2,1H3. The predicted molar refractivity (Wildman–Crippen MR) is 78.7 cm³/mol. The Morgan fingerprint density at radius 1 is 1.30 bits per heavy atom. The minimum absolute atomic E-state index is 0.0418. The topological polar surface area (TPSA) is 54.5 Å². The van der Waals surface area contributed by atoms with Gasteiger partial charge in [-0.05, 0) is 38.0 Å². The van der Waals surface area contributed by atoms with Crippen LogP contribution in [0.15, 0.2) is 23.1 Å². The molecule has 110 valence electrons. The molecule has 1 heterocycles. The van der Waals surface area contributed by atoms with Crippen molar-refractivity contribution < 1.29 is 13.2 Å². The van der Waals surface area contributed by atoms with Crippen LogP contribution in [0, 0.1) is 0 Å². The Balaban J connectivity index is 2.47. The van der Waals surface area contributed by atoms with Crippen LogP contribution in [0.2, 0.25) is 10.0 Å². The molecule has 20 heavy (non-hydrogen) atoms. The van der Waals surface area contributed by atoms with E-state index in [1.807, 2.05) is 0 Å². The van der Waals surface area contributed by atoms with Gasteiger partial charge in [-0.3, -0.25) is 4.79 Å². The van der Waals surface area contributed by atoms with Gasteiger partial charge in [0, 0.05) is 11.6 Å². The van der Waals surface area contributed by atoms with Crippen LogP contribution < -0.4 is 0 Å². The van der Waals surface area contributed by atoms with Gasteiger partial charge in [0.15, 0.2) is 0 Å². The van der Waals surface area contributed by atoms with Crippen LogP contribution in [-0.2, 0) is 14.8 Å². The van der Waals surface area contributed by atoms with Crippen LogP contribution in [0.25, 0.3) is 0 Å². The number of carbonyl (C=O) groups excluding carboxylic acids is 1. The molecule has 1 saturated heterocycles. The van der Waals surface area contributed by atoms with E-state index in [1.165, 1.54) is 29.4 Å². The predicted octanol–water partition coefficient (Wildman–Crippen LogP) is 3.13. The molecule has 0 spiro atoms. The molecule has 1 unspecified atom stereocenters. The summed E-state index contributed by atoms with van der Waals surface area (Å²) in [5.41, 5.74) is 0. The second-order valence-corrected chi connectivity index (χ2v) is 7.52. The van der Waals surface area contributed by atoms with E-state index < -0.39 is 16.1 Å². The summed E-state index contributed by atoms with van der Waals surface area (Å²) < 4.78 is 26.7. The maximum atomic E-state index is 12.7. The summed E-state index contributed by atoms with van der Waals surface area (Å²) >= 11 is 11.8. The quantitative estimate of drug-likeness (QED) is 0.852. The average Bonchev–Trinajstić information content (AvgIpc) is 2.41. The first kappa shape index (κ1) is 15.8. The summed E-state index contributed by atoms with van der Waals surface area (Å²) in [6, 6.07) is 3.69. The van der Waals surface area contributed by atoms with Crippen molar-refractivity contribution in [3.63, 3.8) is 0 Å². The Kier molecular flexibility index (Phi) is 4.74. The lowest BCUT2D eigenvalue weighted by molar-refractivity contribution is -0.121. The van der Waals surface area contributed by atoms with Gasteiger partial charge in [0.1, 0.15) is 10.7 Å². The lowest BCUT2D eigenvalue weighted by atomic mass is 10.0. The minimum atomic E-state index is -3.81. The van der Waals surface area contributed by atoms with Gasteiger partial charge in [0.25, 0.3) is 0 Å². The van der Waals surface area contributed by atoms with Crippen molar-refractivity contribution in [1.82, 2.24) is 4.31 Å². The van der Waals surface area contributed by atoms with Crippen LogP contribution in [0.4, 0.5) is 0 Å². The highest BCUT2D eigenvalue weighted by Gasteiger charge is 2.36. The second-order valence-electron chi connectivity index (χ2n) is 4.81. The summed E-state index contributed by atoms with van der Waals surface area (Å²) in [6.45, 7) is 1.74. The summed E-state index contributed by atoms with van der Waals surface area (Å²) in [4.78, 5) is 11.6. The van der Waals surface area contributed by atoms with Crippen molar-refractivity contribution in [2.24, 2.45) is 0 Å². The molecule has 0 saturated carbocycles. The molecule has 1 fully saturated rings. The Bertz CT molecular complexity index is 631. The lowest BCUT2D eigenvalue weighted by Crippen LogP contribution is -2.47. The molecule has 1 aliphatic heterocycles. The molecule has 4 nitrogen and oxygen atoms in total. The highest BCUT2D eigenvalue weighted by atomic mass is 35.5. The smallest absolute Gasteiger partial charge is 0.245 e. The van der Waals surface area contributed by atoms with Gasteiger partial charge in [0.2, 0.25) is 10.0 Å². The van der Waals surface area contributed by atoms with E-state index in [4.69, 9.17) is 23.2 Å². The fourth-order valence-corrected chi connectivity index (χ4v) is 4.85. The zero-order chi connectivity index (χ0) is 14.9. The number of benzene rings is 1.